The number of halogens is 1. The Bertz CT molecular complexity index is 577. The van der Waals surface area contributed by atoms with Crippen molar-refractivity contribution in [1.82, 2.24) is 4.31 Å². The summed E-state index contributed by atoms with van der Waals surface area (Å²) in [5, 5.41) is 9.45. The van der Waals surface area contributed by atoms with Crippen LogP contribution in [-0.2, 0) is 10.0 Å². The van der Waals surface area contributed by atoms with Crippen LogP contribution in [0.15, 0.2) is 17.0 Å². The summed E-state index contributed by atoms with van der Waals surface area (Å²) in [7, 11) is -3.68. The minimum atomic E-state index is -3.68. The van der Waals surface area contributed by atoms with Crippen LogP contribution < -0.4 is 5.73 Å². The van der Waals surface area contributed by atoms with E-state index in [1.54, 1.807) is 6.92 Å². The third kappa shape index (κ3) is 2.79. The van der Waals surface area contributed by atoms with Crippen molar-refractivity contribution in [3.8, 4) is 0 Å². The van der Waals surface area contributed by atoms with E-state index in [-0.39, 0.29) is 24.1 Å². The highest BCUT2D eigenvalue weighted by Gasteiger charge is 2.34. The molecular formula is C13H19ClN2O3S. The van der Waals surface area contributed by atoms with Gasteiger partial charge in [0.25, 0.3) is 0 Å². The molecule has 3 N–H and O–H groups in total. The lowest BCUT2D eigenvalue weighted by Gasteiger charge is -2.36. The average molecular weight is 319 g/mol. The predicted octanol–water partition coefficient (Wildman–Crippen LogP) is 1.77. The number of aliphatic hydroxyl groups excluding tert-OH is 1. The molecule has 1 saturated carbocycles. The molecule has 0 spiro atoms. The van der Waals surface area contributed by atoms with Gasteiger partial charge in [-0.15, -0.1) is 0 Å². The summed E-state index contributed by atoms with van der Waals surface area (Å²) in [6.07, 6.45) is 2.67. The second kappa shape index (κ2) is 5.89. The number of anilines is 1. The van der Waals surface area contributed by atoms with Gasteiger partial charge in [0.1, 0.15) is 0 Å². The summed E-state index contributed by atoms with van der Waals surface area (Å²) in [5.41, 5.74) is 6.82. The third-order valence-corrected chi connectivity index (χ3v) is 6.09. The van der Waals surface area contributed by atoms with E-state index in [2.05, 4.69) is 0 Å². The quantitative estimate of drug-likeness (QED) is 0.810. The molecule has 0 unspecified atom stereocenters. The summed E-state index contributed by atoms with van der Waals surface area (Å²) in [6, 6.07) is 2.82. The second-order valence-electron chi connectivity index (χ2n) is 5.04. The van der Waals surface area contributed by atoms with E-state index in [1.807, 2.05) is 0 Å². The first-order valence-corrected chi connectivity index (χ1v) is 8.38. The smallest absolute Gasteiger partial charge is 0.243 e. The van der Waals surface area contributed by atoms with E-state index in [4.69, 9.17) is 22.4 Å². The first-order chi connectivity index (χ1) is 9.37. The van der Waals surface area contributed by atoms with Crippen molar-refractivity contribution in [2.75, 3.05) is 18.9 Å². The molecule has 7 heteroatoms. The van der Waals surface area contributed by atoms with Crippen molar-refractivity contribution in [3.05, 3.63) is 22.7 Å². The molecule has 1 aromatic carbocycles. The van der Waals surface area contributed by atoms with Gasteiger partial charge in [-0.2, -0.15) is 4.31 Å². The van der Waals surface area contributed by atoms with E-state index >= 15 is 0 Å². The van der Waals surface area contributed by atoms with E-state index in [9.17, 15) is 8.42 Å². The van der Waals surface area contributed by atoms with Crippen molar-refractivity contribution >= 4 is 27.3 Å². The number of hydrogen-bond donors (Lipinski definition) is 2. The normalized spacial score (nSPS) is 16.4. The monoisotopic (exact) mass is 318 g/mol. The number of nitrogens with two attached hydrogens (primary N) is 1. The van der Waals surface area contributed by atoms with Gasteiger partial charge in [-0.25, -0.2) is 8.42 Å². The van der Waals surface area contributed by atoms with Gasteiger partial charge in [0.05, 0.1) is 11.5 Å². The largest absolute Gasteiger partial charge is 0.398 e. The lowest BCUT2D eigenvalue weighted by Crippen LogP contribution is -2.45. The molecule has 1 aromatic rings. The summed E-state index contributed by atoms with van der Waals surface area (Å²) in [5.74, 6) is 0. The van der Waals surface area contributed by atoms with Crippen molar-refractivity contribution < 1.29 is 13.5 Å². The van der Waals surface area contributed by atoms with E-state index in [0.29, 0.717) is 16.3 Å². The molecule has 5 nitrogen and oxygen atoms in total. The lowest BCUT2D eigenvalue weighted by molar-refractivity contribution is 0.178. The highest BCUT2D eigenvalue weighted by Crippen LogP contribution is 2.32. The van der Waals surface area contributed by atoms with Crippen molar-refractivity contribution in [2.45, 2.75) is 37.1 Å². The number of benzene rings is 1. The van der Waals surface area contributed by atoms with Gasteiger partial charge in [0.15, 0.2) is 0 Å². The minimum Gasteiger partial charge on any atom is -0.398 e. The Balaban J connectivity index is 2.42. The van der Waals surface area contributed by atoms with Gasteiger partial charge < -0.3 is 10.8 Å². The summed E-state index contributed by atoms with van der Waals surface area (Å²) in [6.45, 7) is 1.63. The topological polar surface area (TPSA) is 83.6 Å². The van der Waals surface area contributed by atoms with Gasteiger partial charge in [0, 0.05) is 23.3 Å². The van der Waals surface area contributed by atoms with Crippen LogP contribution in [0, 0.1) is 6.92 Å². The van der Waals surface area contributed by atoms with Crippen LogP contribution in [0.2, 0.25) is 5.02 Å². The molecule has 0 amide bonds. The maximum absolute atomic E-state index is 12.7. The Kier molecular flexibility index (Phi) is 4.59. The van der Waals surface area contributed by atoms with Gasteiger partial charge in [-0.05, 0) is 37.5 Å². The Morgan fingerprint density at radius 3 is 2.55 bits per heavy atom. The SMILES string of the molecule is Cc1c(N)cc(S(=O)(=O)N(CCO)C2CCC2)cc1Cl. The van der Waals surface area contributed by atoms with Crippen LogP contribution in [0.4, 0.5) is 5.69 Å². The molecule has 1 aliphatic rings. The average Bonchev–Trinajstić information content (AvgIpc) is 2.32. The zero-order valence-electron chi connectivity index (χ0n) is 11.3. The van der Waals surface area contributed by atoms with Crippen molar-refractivity contribution in [3.63, 3.8) is 0 Å². The molecule has 1 fully saturated rings. The van der Waals surface area contributed by atoms with Crippen LogP contribution >= 0.6 is 11.6 Å². The van der Waals surface area contributed by atoms with Crippen LogP contribution in [0.5, 0.6) is 0 Å². The molecule has 0 radical (unpaired) electrons. The Hall–Kier alpha value is -0.820. The van der Waals surface area contributed by atoms with E-state index < -0.39 is 10.0 Å². The Labute approximate surface area is 124 Å². The number of sulfonamides is 1. The van der Waals surface area contributed by atoms with Gasteiger partial charge in [0.2, 0.25) is 10.0 Å². The summed E-state index contributed by atoms with van der Waals surface area (Å²) in [4.78, 5) is 0.0888. The number of rotatable bonds is 5. The molecule has 0 heterocycles. The van der Waals surface area contributed by atoms with Crippen LogP contribution in [0.3, 0.4) is 0 Å². The van der Waals surface area contributed by atoms with Gasteiger partial charge in [-0.3, -0.25) is 0 Å². The van der Waals surface area contributed by atoms with Crippen LogP contribution in [0.25, 0.3) is 0 Å². The Morgan fingerprint density at radius 2 is 2.10 bits per heavy atom. The maximum Gasteiger partial charge on any atom is 0.243 e. The number of aliphatic hydroxyl groups is 1. The van der Waals surface area contributed by atoms with Gasteiger partial charge in [-0.1, -0.05) is 18.0 Å². The molecule has 0 aliphatic heterocycles. The molecule has 0 saturated heterocycles. The summed E-state index contributed by atoms with van der Waals surface area (Å²) >= 11 is 6.02. The third-order valence-electron chi connectivity index (χ3n) is 3.77. The fraction of sp³-hybridized carbons (Fsp3) is 0.538. The number of nitrogens with zero attached hydrogens (tertiary/aromatic N) is 1. The highest BCUT2D eigenvalue weighted by molar-refractivity contribution is 7.89. The molecule has 1 aliphatic carbocycles. The van der Waals surface area contributed by atoms with E-state index in [0.717, 1.165) is 19.3 Å². The minimum absolute atomic E-state index is 0.0338. The first kappa shape index (κ1) is 15.6. The molecule has 2 rings (SSSR count). The molecular weight excluding hydrogens is 300 g/mol. The molecule has 0 bridgehead atoms. The fourth-order valence-corrected chi connectivity index (χ4v) is 4.26. The zero-order valence-corrected chi connectivity index (χ0v) is 12.9. The number of hydrogen-bond acceptors (Lipinski definition) is 4. The standard InChI is InChI=1S/C13H19ClN2O3S/c1-9-12(14)7-11(8-13(9)15)20(18,19)16(5-6-17)10-3-2-4-10/h7-8,10,17H,2-6,15H2,1H3. The van der Waals surface area contributed by atoms with Crippen molar-refractivity contribution in [1.29, 1.82) is 0 Å². The first-order valence-electron chi connectivity index (χ1n) is 6.56. The lowest BCUT2D eigenvalue weighted by atomic mass is 9.93. The highest BCUT2D eigenvalue weighted by atomic mass is 35.5. The van der Waals surface area contributed by atoms with E-state index in [1.165, 1.54) is 16.4 Å². The molecule has 112 valence electrons. The molecule has 0 atom stereocenters. The molecule has 20 heavy (non-hydrogen) atoms. The van der Waals surface area contributed by atoms with Gasteiger partial charge >= 0.3 is 0 Å². The second-order valence-corrected chi connectivity index (χ2v) is 7.34. The van der Waals surface area contributed by atoms with Crippen LogP contribution in [-0.4, -0.2) is 37.0 Å². The molecule has 0 aromatic heterocycles. The van der Waals surface area contributed by atoms with Crippen LogP contribution in [0.1, 0.15) is 24.8 Å². The Morgan fingerprint density at radius 1 is 1.45 bits per heavy atom. The fourth-order valence-electron chi connectivity index (χ4n) is 2.23. The van der Waals surface area contributed by atoms with Crippen molar-refractivity contribution in [2.24, 2.45) is 0 Å². The number of nitrogen functional groups attached to an aromatic ring is 1. The predicted molar refractivity (Wildman–Crippen MR) is 79.2 cm³/mol. The summed E-state index contributed by atoms with van der Waals surface area (Å²) < 4.78 is 26.7. The maximum atomic E-state index is 12.7. The zero-order chi connectivity index (χ0) is 14.9.